The van der Waals surface area contributed by atoms with Crippen LogP contribution >= 0.6 is 11.9 Å². The zero-order chi connectivity index (χ0) is 19.1. The average Bonchev–Trinajstić information content (AvgIpc) is 2.70. The molecule has 0 spiro atoms. The second kappa shape index (κ2) is 9.37. The molecule has 1 unspecified atom stereocenters. The van der Waals surface area contributed by atoms with Crippen LogP contribution in [-0.2, 0) is 17.8 Å². The van der Waals surface area contributed by atoms with Crippen molar-refractivity contribution in [2.45, 2.75) is 23.9 Å². The van der Waals surface area contributed by atoms with E-state index < -0.39 is 12.0 Å². The molecule has 0 fully saturated rings. The van der Waals surface area contributed by atoms with E-state index in [9.17, 15) is 4.79 Å². The highest BCUT2D eigenvalue weighted by Crippen LogP contribution is 2.23. The first kappa shape index (κ1) is 19.2. The van der Waals surface area contributed by atoms with Gasteiger partial charge in [-0.1, -0.05) is 66.7 Å². The predicted octanol–water partition coefficient (Wildman–Crippen LogP) is 4.10. The summed E-state index contributed by atoms with van der Waals surface area (Å²) in [7, 11) is 0. The van der Waals surface area contributed by atoms with Crippen molar-refractivity contribution in [2.24, 2.45) is 5.73 Å². The van der Waals surface area contributed by atoms with Crippen LogP contribution in [0.3, 0.4) is 0 Å². The van der Waals surface area contributed by atoms with Gasteiger partial charge in [0, 0.05) is 11.4 Å². The van der Waals surface area contributed by atoms with Crippen LogP contribution < -0.4 is 10.5 Å². The van der Waals surface area contributed by atoms with Gasteiger partial charge in [0.25, 0.3) is 0 Å². The van der Waals surface area contributed by atoms with Crippen molar-refractivity contribution in [2.75, 3.05) is 0 Å². The van der Waals surface area contributed by atoms with Gasteiger partial charge in [-0.2, -0.15) is 0 Å². The van der Waals surface area contributed by atoms with Gasteiger partial charge in [-0.3, -0.25) is 9.52 Å². The SMILES string of the molecule is NC(Cc1ccc(CNSc2ccc(-c3ccccc3)cc2)cc1)C(=O)O. The number of hydrogen-bond donors (Lipinski definition) is 3. The van der Waals surface area contributed by atoms with E-state index in [0.29, 0.717) is 6.42 Å². The fourth-order valence-electron chi connectivity index (χ4n) is 2.68. The number of carboxylic acid groups (broad SMARTS) is 1. The highest BCUT2D eigenvalue weighted by atomic mass is 32.2. The molecule has 0 amide bonds. The van der Waals surface area contributed by atoms with Crippen LogP contribution in [0.1, 0.15) is 11.1 Å². The number of hydrogen-bond acceptors (Lipinski definition) is 4. The van der Waals surface area contributed by atoms with Crippen LogP contribution in [0, 0.1) is 0 Å². The van der Waals surface area contributed by atoms with Crippen LogP contribution in [-0.4, -0.2) is 17.1 Å². The minimum atomic E-state index is -0.976. The van der Waals surface area contributed by atoms with Crippen molar-refractivity contribution in [1.82, 2.24) is 4.72 Å². The molecule has 3 aromatic rings. The molecule has 0 radical (unpaired) electrons. The third-order valence-corrected chi connectivity index (χ3v) is 5.02. The fourth-order valence-corrected chi connectivity index (χ4v) is 3.36. The highest BCUT2D eigenvalue weighted by Gasteiger charge is 2.11. The molecule has 0 aromatic heterocycles. The van der Waals surface area contributed by atoms with Gasteiger partial charge in [0.1, 0.15) is 6.04 Å². The normalized spacial score (nSPS) is 11.9. The van der Waals surface area contributed by atoms with Gasteiger partial charge in [-0.05, 0) is 52.8 Å². The Labute approximate surface area is 163 Å². The van der Waals surface area contributed by atoms with Gasteiger partial charge in [0.15, 0.2) is 0 Å². The summed E-state index contributed by atoms with van der Waals surface area (Å²) in [6.07, 6.45) is 0.339. The molecule has 0 bridgehead atoms. The molecule has 27 heavy (non-hydrogen) atoms. The lowest BCUT2D eigenvalue weighted by atomic mass is 10.0. The Kier molecular flexibility index (Phi) is 6.65. The zero-order valence-electron chi connectivity index (χ0n) is 14.8. The zero-order valence-corrected chi connectivity index (χ0v) is 15.7. The van der Waals surface area contributed by atoms with E-state index >= 15 is 0 Å². The summed E-state index contributed by atoms with van der Waals surface area (Å²) < 4.78 is 3.35. The lowest BCUT2D eigenvalue weighted by molar-refractivity contribution is -0.138. The molecule has 0 aliphatic heterocycles. The van der Waals surface area contributed by atoms with E-state index in [1.54, 1.807) is 11.9 Å². The van der Waals surface area contributed by atoms with Gasteiger partial charge in [0.2, 0.25) is 0 Å². The van der Waals surface area contributed by atoms with Gasteiger partial charge >= 0.3 is 5.97 Å². The Morgan fingerprint density at radius 3 is 2.11 bits per heavy atom. The van der Waals surface area contributed by atoms with E-state index in [0.717, 1.165) is 22.6 Å². The number of rotatable bonds is 8. The molecule has 1 atom stereocenters. The molecule has 4 N–H and O–H groups in total. The highest BCUT2D eigenvalue weighted by molar-refractivity contribution is 7.97. The van der Waals surface area contributed by atoms with Crippen molar-refractivity contribution in [3.63, 3.8) is 0 Å². The van der Waals surface area contributed by atoms with Crippen LogP contribution in [0.5, 0.6) is 0 Å². The summed E-state index contributed by atoms with van der Waals surface area (Å²) >= 11 is 1.59. The predicted molar refractivity (Wildman–Crippen MR) is 110 cm³/mol. The van der Waals surface area contributed by atoms with Crippen LogP contribution in [0.25, 0.3) is 11.1 Å². The summed E-state index contributed by atoms with van der Waals surface area (Å²) in [5.41, 5.74) is 10.0. The smallest absolute Gasteiger partial charge is 0.320 e. The maximum Gasteiger partial charge on any atom is 0.320 e. The number of carboxylic acids is 1. The Morgan fingerprint density at radius 1 is 0.889 bits per heavy atom. The standard InChI is InChI=1S/C22H22N2O2S/c23-21(22(25)26)14-16-6-8-17(9-7-16)15-24-27-20-12-10-19(11-13-20)18-4-2-1-3-5-18/h1-13,21,24H,14-15,23H2,(H,25,26). The number of carbonyl (C=O) groups is 1. The minimum Gasteiger partial charge on any atom is -0.480 e. The lowest BCUT2D eigenvalue weighted by Crippen LogP contribution is -2.32. The van der Waals surface area contributed by atoms with Crippen molar-refractivity contribution in [1.29, 1.82) is 0 Å². The maximum atomic E-state index is 10.8. The number of nitrogens with one attached hydrogen (secondary N) is 1. The summed E-state index contributed by atoms with van der Waals surface area (Å²) in [4.78, 5) is 12.0. The second-order valence-electron chi connectivity index (χ2n) is 6.28. The van der Waals surface area contributed by atoms with Gasteiger partial charge in [0.05, 0.1) is 0 Å². The topological polar surface area (TPSA) is 75.3 Å². The molecule has 0 aliphatic rings. The van der Waals surface area contributed by atoms with E-state index in [1.807, 2.05) is 42.5 Å². The molecule has 0 saturated carbocycles. The first-order valence-corrected chi connectivity index (χ1v) is 9.55. The quantitative estimate of drug-likeness (QED) is 0.515. The molecule has 4 nitrogen and oxygen atoms in total. The number of nitrogens with two attached hydrogens (primary N) is 1. The third kappa shape index (κ3) is 5.69. The summed E-state index contributed by atoms with van der Waals surface area (Å²) in [6, 6.07) is 25.8. The molecule has 3 rings (SSSR count). The monoisotopic (exact) mass is 378 g/mol. The Hall–Kier alpha value is -2.60. The molecule has 5 heteroatoms. The largest absolute Gasteiger partial charge is 0.480 e. The van der Waals surface area contributed by atoms with E-state index in [1.165, 1.54) is 11.1 Å². The minimum absolute atomic E-state index is 0.339. The Morgan fingerprint density at radius 2 is 1.48 bits per heavy atom. The summed E-state index contributed by atoms with van der Waals surface area (Å²) in [6.45, 7) is 0.719. The first-order valence-electron chi connectivity index (χ1n) is 8.73. The summed E-state index contributed by atoms with van der Waals surface area (Å²) in [5.74, 6) is -0.976. The molecular weight excluding hydrogens is 356 g/mol. The van der Waals surface area contributed by atoms with Gasteiger partial charge < -0.3 is 10.8 Å². The van der Waals surface area contributed by atoms with E-state index in [-0.39, 0.29) is 0 Å². The Balaban J connectivity index is 1.49. The third-order valence-electron chi connectivity index (χ3n) is 4.22. The first-order chi connectivity index (χ1) is 13.1. The van der Waals surface area contributed by atoms with Gasteiger partial charge in [-0.15, -0.1) is 0 Å². The van der Waals surface area contributed by atoms with Crippen molar-refractivity contribution < 1.29 is 9.90 Å². The molecule has 0 aliphatic carbocycles. The lowest BCUT2D eigenvalue weighted by Gasteiger charge is -2.08. The fraction of sp³-hybridized carbons (Fsp3) is 0.136. The van der Waals surface area contributed by atoms with Crippen molar-refractivity contribution >= 4 is 17.9 Å². The van der Waals surface area contributed by atoms with Crippen LogP contribution in [0.15, 0.2) is 83.8 Å². The maximum absolute atomic E-state index is 10.8. The van der Waals surface area contributed by atoms with E-state index in [4.69, 9.17) is 10.8 Å². The average molecular weight is 378 g/mol. The molecule has 0 heterocycles. The number of benzene rings is 3. The van der Waals surface area contributed by atoms with E-state index in [2.05, 4.69) is 41.1 Å². The second-order valence-corrected chi connectivity index (χ2v) is 7.24. The molecule has 138 valence electrons. The van der Waals surface area contributed by atoms with Crippen molar-refractivity contribution in [3.05, 3.63) is 90.0 Å². The molecule has 3 aromatic carbocycles. The number of aliphatic carboxylic acids is 1. The summed E-state index contributed by atoms with van der Waals surface area (Å²) in [5, 5.41) is 8.87. The van der Waals surface area contributed by atoms with Crippen LogP contribution in [0.2, 0.25) is 0 Å². The molecular formula is C22H22N2O2S. The molecule has 0 saturated heterocycles. The van der Waals surface area contributed by atoms with Crippen LogP contribution in [0.4, 0.5) is 0 Å². The van der Waals surface area contributed by atoms with Gasteiger partial charge in [-0.25, -0.2) is 0 Å². The Bertz CT molecular complexity index is 865. The van der Waals surface area contributed by atoms with Crippen molar-refractivity contribution in [3.8, 4) is 11.1 Å².